The Morgan fingerprint density at radius 3 is 2.38 bits per heavy atom. The zero-order valence-corrected chi connectivity index (χ0v) is 18.3. The molecule has 29 heavy (non-hydrogen) atoms. The van der Waals surface area contributed by atoms with Crippen LogP contribution in [0, 0.1) is 10.5 Å². The van der Waals surface area contributed by atoms with Gasteiger partial charge in [0.2, 0.25) is 0 Å². The van der Waals surface area contributed by atoms with E-state index < -0.39 is 0 Å². The summed E-state index contributed by atoms with van der Waals surface area (Å²) >= 11 is 2.21. The number of rotatable bonds is 4. The lowest BCUT2D eigenvalue weighted by Crippen LogP contribution is -2.22. The maximum absolute atomic E-state index is 13.4. The van der Waals surface area contributed by atoms with E-state index in [1.807, 2.05) is 85.8 Å². The van der Waals surface area contributed by atoms with Gasteiger partial charge in [-0.3, -0.25) is 9.36 Å². The highest BCUT2D eigenvalue weighted by molar-refractivity contribution is 14.1. The van der Waals surface area contributed by atoms with Crippen LogP contribution in [0.4, 0.5) is 0 Å². The average molecular weight is 494 g/mol. The largest absolute Gasteiger partial charge is 0.497 e. The minimum absolute atomic E-state index is 0.0771. The number of benzene rings is 3. The molecule has 0 unspecified atom stereocenters. The van der Waals surface area contributed by atoms with Crippen LogP contribution in [0.2, 0.25) is 0 Å². The van der Waals surface area contributed by atoms with E-state index in [0.29, 0.717) is 16.7 Å². The van der Waals surface area contributed by atoms with Crippen molar-refractivity contribution in [2.24, 2.45) is 0 Å². The van der Waals surface area contributed by atoms with Crippen molar-refractivity contribution in [2.45, 2.75) is 6.92 Å². The summed E-state index contributed by atoms with van der Waals surface area (Å²) in [7, 11) is 1.64. The molecule has 0 radical (unpaired) electrons. The molecule has 0 aliphatic rings. The van der Waals surface area contributed by atoms with Crippen molar-refractivity contribution in [3.8, 4) is 11.4 Å². The highest BCUT2D eigenvalue weighted by atomic mass is 127. The van der Waals surface area contributed by atoms with E-state index in [2.05, 4.69) is 22.6 Å². The van der Waals surface area contributed by atoms with Gasteiger partial charge in [0.1, 0.15) is 11.6 Å². The summed E-state index contributed by atoms with van der Waals surface area (Å²) in [4.78, 5) is 18.1. The lowest BCUT2D eigenvalue weighted by molar-refractivity contribution is 0.415. The van der Waals surface area contributed by atoms with Crippen LogP contribution in [0.3, 0.4) is 0 Å². The van der Waals surface area contributed by atoms with Gasteiger partial charge in [0, 0.05) is 3.57 Å². The zero-order valence-electron chi connectivity index (χ0n) is 16.1. The minimum atomic E-state index is -0.0771. The van der Waals surface area contributed by atoms with Gasteiger partial charge in [-0.1, -0.05) is 35.9 Å². The van der Waals surface area contributed by atoms with Gasteiger partial charge < -0.3 is 4.74 Å². The second-order valence-corrected chi connectivity index (χ2v) is 7.96. The molecular weight excluding hydrogens is 475 g/mol. The lowest BCUT2D eigenvalue weighted by atomic mass is 10.2. The van der Waals surface area contributed by atoms with Gasteiger partial charge in [0.15, 0.2) is 0 Å². The molecule has 4 nitrogen and oxygen atoms in total. The summed E-state index contributed by atoms with van der Waals surface area (Å²) < 4.78 is 7.88. The third-order valence-corrected chi connectivity index (χ3v) is 5.36. The highest BCUT2D eigenvalue weighted by Crippen LogP contribution is 2.19. The fourth-order valence-electron chi connectivity index (χ4n) is 3.12. The summed E-state index contributed by atoms with van der Waals surface area (Å²) in [5.74, 6) is 1.39. The number of nitrogens with zero attached hydrogens (tertiary/aromatic N) is 2. The van der Waals surface area contributed by atoms with E-state index in [1.54, 1.807) is 11.7 Å². The molecule has 0 bridgehead atoms. The van der Waals surface area contributed by atoms with Gasteiger partial charge in [0.25, 0.3) is 5.56 Å². The molecule has 0 saturated heterocycles. The second kappa shape index (κ2) is 8.21. The van der Waals surface area contributed by atoms with E-state index in [-0.39, 0.29) is 5.56 Å². The monoisotopic (exact) mass is 494 g/mol. The molecule has 4 aromatic rings. The van der Waals surface area contributed by atoms with Crippen molar-refractivity contribution in [3.05, 3.63) is 97.6 Å². The van der Waals surface area contributed by atoms with Crippen LogP contribution < -0.4 is 10.3 Å². The van der Waals surface area contributed by atoms with E-state index in [1.165, 1.54) is 0 Å². The van der Waals surface area contributed by atoms with Crippen molar-refractivity contribution < 1.29 is 4.74 Å². The summed E-state index contributed by atoms with van der Waals surface area (Å²) in [6.07, 6.45) is 3.82. The summed E-state index contributed by atoms with van der Waals surface area (Å²) in [6, 6.07) is 21.4. The first kappa shape index (κ1) is 19.4. The van der Waals surface area contributed by atoms with Crippen LogP contribution in [0.25, 0.3) is 28.7 Å². The number of aromatic nitrogens is 2. The zero-order chi connectivity index (χ0) is 20.4. The summed E-state index contributed by atoms with van der Waals surface area (Å²) in [5, 5.41) is 0.610. The van der Waals surface area contributed by atoms with Gasteiger partial charge in [-0.25, -0.2) is 4.98 Å². The maximum Gasteiger partial charge on any atom is 0.266 e. The minimum Gasteiger partial charge on any atom is -0.497 e. The molecule has 4 rings (SSSR count). The predicted octanol–water partition coefficient (Wildman–Crippen LogP) is 5.48. The molecular formula is C24H19IN2O2. The summed E-state index contributed by atoms with van der Waals surface area (Å²) in [5.41, 5.74) is 3.54. The highest BCUT2D eigenvalue weighted by Gasteiger charge is 2.11. The molecule has 0 fully saturated rings. The van der Waals surface area contributed by atoms with Crippen LogP contribution in [0.5, 0.6) is 5.75 Å². The molecule has 144 valence electrons. The number of ether oxygens (including phenoxy) is 1. The lowest BCUT2D eigenvalue weighted by Gasteiger charge is -2.12. The fraction of sp³-hybridized carbons (Fsp3) is 0.0833. The Bertz CT molecular complexity index is 1260. The molecule has 1 heterocycles. The number of aryl methyl sites for hydroxylation is 1. The Labute approximate surface area is 182 Å². The van der Waals surface area contributed by atoms with E-state index >= 15 is 0 Å². The van der Waals surface area contributed by atoms with E-state index in [0.717, 1.165) is 26.1 Å². The van der Waals surface area contributed by atoms with Gasteiger partial charge in [-0.2, -0.15) is 0 Å². The first-order valence-corrected chi connectivity index (χ1v) is 10.2. The van der Waals surface area contributed by atoms with E-state index in [9.17, 15) is 4.79 Å². The topological polar surface area (TPSA) is 44.1 Å². The molecule has 0 saturated carbocycles. The molecule has 0 aliphatic heterocycles. The van der Waals surface area contributed by atoms with E-state index in [4.69, 9.17) is 9.72 Å². The number of hydrogen-bond donors (Lipinski definition) is 0. The van der Waals surface area contributed by atoms with Crippen molar-refractivity contribution in [2.75, 3.05) is 7.11 Å². The third kappa shape index (κ3) is 4.10. The standard InChI is InChI=1S/C24H19IN2O2/c1-16-3-9-19(10-4-16)27-23(14-7-17-5-11-20(29-2)12-6-17)26-22-13-8-18(25)15-21(22)24(27)28/h3-15H,1-2H3. The number of methoxy groups -OCH3 is 1. The summed E-state index contributed by atoms with van der Waals surface area (Å²) in [6.45, 7) is 2.03. The first-order chi connectivity index (χ1) is 14.0. The van der Waals surface area contributed by atoms with Crippen LogP contribution in [-0.4, -0.2) is 16.7 Å². The Kier molecular flexibility index (Phi) is 5.49. The molecule has 3 aromatic carbocycles. The smallest absolute Gasteiger partial charge is 0.266 e. The SMILES string of the molecule is COc1ccc(C=Cc2nc3ccc(I)cc3c(=O)n2-c2ccc(C)cc2)cc1. The van der Waals surface area contributed by atoms with Crippen molar-refractivity contribution in [1.29, 1.82) is 0 Å². The number of fused-ring (bicyclic) bond motifs is 1. The molecule has 0 amide bonds. The molecule has 5 heteroatoms. The van der Waals surface area contributed by atoms with Gasteiger partial charge in [-0.05, 0) is 83.6 Å². The number of halogens is 1. The Morgan fingerprint density at radius 1 is 0.966 bits per heavy atom. The first-order valence-electron chi connectivity index (χ1n) is 9.16. The molecule has 0 N–H and O–H groups in total. The van der Waals surface area contributed by atoms with Crippen LogP contribution in [-0.2, 0) is 0 Å². The molecule has 0 aliphatic carbocycles. The molecule has 1 aromatic heterocycles. The van der Waals surface area contributed by atoms with Crippen LogP contribution >= 0.6 is 22.6 Å². The Balaban J connectivity index is 1.89. The fourth-order valence-corrected chi connectivity index (χ4v) is 3.61. The normalized spacial score (nSPS) is 11.3. The Morgan fingerprint density at radius 2 is 1.69 bits per heavy atom. The Hall–Kier alpha value is -2.93. The quantitative estimate of drug-likeness (QED) is 0.353. The van der Waals surface area contributed by atoms with Crippen molar-refractivity contribution in [3.63, 3.8) is 0 Å². The van der Waals surface area contributed by atoms with Crippen molar-refractivity contribution >= 4 is 45.6 Å². The number of hydrogen-bond acceptors (Lipinski definition) is 3. The second-order valence-electron chi connectivity index (χ2n) is 6.71. The van der Waals surface area contributed by atoms with Gasteiger partial charge in [-0.15, -0.1) is 0 Å². The van der Waals surface area contributed by atoms with Crippen LogP contribution in [0.1, 0.15) is 17.0 Å². The predicted molar refractivity (Wildman–Crippen MR) is 127 cm³/mol. The molecule has 0 spiro atoms. The third-order valence-electron chi connectivity index (χ3n) is 4.69. The average Bonchev–Trinajstić information content (AvgIpc) is 2.74. The van der Waals surface area contributed by atoms with Gasteiger partial charge in [0.05, 0.1) is 23.7 Å². The van der Waals surface area contributed by atoms with Crippen LogP contribution in [0.15, 0.2) is 71.5 Å². The van der Waals surface area contributed by atoms with Crippen molar-refractivity contribution in [1.82, 2.24) is 9.55 Å². The van der Waals surface area contributed by atoms with Gasteiger partial charge >= 0.3 is 0 Å². The molecule has 0 atom stereocenters. The maximum atomic E-state index is 13.4.